The van der Waals surface area contributed by atoms with Crippen molar-refractivity contribution in [2.45, 2.75) is 32.0 Å². The normalized spacial score (nSPS) is 14.2. The summed E-state index contributed by atoms with van der Waals surface area (Å²) in [7, 11) is 1.98. The van der Waals surface area contributed by atoms with E-state index in [0.717, 1.165) is 23.8 Å². The van der Waals surface area contributed by atoms with Crippen LogP contribution in [0.25, 0.3) is 0 Å². The van der Waals surface area contributed by atoms with Crippen LogP contribution in [-0.2, 0) is 13.1 Å². The molecular formula is C15H19N5. The van der Waals surface area contributed by atoms with Gasteiger partial charge in [0.1, 0.15) is 0 Å². The van der Waals surface area contributed by atoms with E-state index in [1.807, 2.05) is 42.5 Å². The highest BCUT2D eigenvalue weighted by molar-refractivity contribution is 5.29. The predicted molar refractivity (Wildman–Crippen MR) is 78.2 cm³/mol. The van der Waals surface area contributed by atoms with Gasteiger partial charge in [-0.05, 0) is 25.0 Å². The topological polar surface area (TPSA) is 53.9 Å². The summed E-state index contributed by atoms with van der Waals surface area (Å²) >= 11 is 0. The fraction of sp³-hybridized carbons (Fsp3) is 0.400. The Hall–Kier alpha value is -2.01. The lowest BCUT2D eigenvalue weighted by Crippen LogP contribution is -2.20. The van der Waals surface area contributed by atoms with E-state index in [1.54, 1.807) is 6.20 Å². The van der Waals surface area contributed by atoms with Gasteiger partial charge >= 0.3 is 0 Å². The van der Waals surface area contributed by atoms with Crippen LogP contribution in [0, 0.1) is 0 Å². The molecule has 104 valence electrons. The third kappa shape index (κ3) is 3.51. The van der Waals surface area contributed by atoms with Crippen LogP contribution in [-0.4, -0.2) is 28.0 Å². The number of rotatable bonds is 6. The third-order valence-electron chi connectivity index (χ3n) is 3.33. The summed E-state index contributed by atoms with van der Waals surface area (Å²) in [5, 5.41) is 3.46. The highest BCUT2D eigenvalue weighted by Gasteiger charge is 2.20. The second kappa shape index (κ2) is 5.96. The van der Waals surface area contributed by atoms with Crippen LogP contribution in [0.1, 0.15) is 24.1 Å². The second-order valence-electron chi connectivity index (χ2n) is 5.22. The molecule has 5 nitrogen and oxygen atoms in total. The summed E-state index contributed by atoms with van der Waals surface area (Å²) in [6, 6.07) is 6.62. The molecule has 1 N–H and O–H groups in total. The molecule has 2 aromatic rings. The minimum atomic E-state index is 0.709. The van der Waals surface area contributed by atoms with Gasteiger partial charge in [-0.15, -0.1) is 0 Å². The first-order valence-electron chi connectivity index (χ1n) is 6.96. The van der Waals surface area contributed by atoms with Gasteiger partial charge in [0.2, 0.25) is 5.95 Å². The molecule has 2 aromatic heterocycles. The Bertz CT molecular complexity index is 536. The van der Waals surface area contributed by atoms with E-state index in [1.165, 1.54) is 12.8 Å². The molecule has 0 aromatic carbocycles. The largest absolute Gasteiger partial charge is 0.338 e. The molecule has 20 heavy (non-hydrogen) atoms. The first-order valence-corrected chi connectivity index (χ1v) is 6.96. The summed E-state index contributed by atoms with van der Waals surface area (Å²) in [6.07, 6.45) is 8.19. The van der Waals surface area contributed by atoms with E-state index < -0.39 is 0 Å². The van der Waals surface area contributed by atoms with Crippen LogP contribution in [0.4, 0.5) is 5.95 Å². The standard InChI is InChI=1S/C15H19N5/c1-20(11-14-4-2-3-7-16-14)15-18-9-12(10-19-15)8-17-13-5-6-13/h2-4,7,9-10,13,17H,5-6,8,11H2,1H3. The average molecular weight is 269 g/mol. The molecule has 1 aliphatic carbocycles. The Balaban J connectivity index is 1.58. The highest BCUT2D eigenvalue weighted by Crippen LogP contribution is 2.19. The fourth-order valence-corrected chi connectivity index (χ4v) is 1.99. The van der Waals surface area contributed by atoms with Gasteiger partial charge in [0.15, 0.2) is 0 Å². The van der Waals surface area contributed by atoms with E-state index in [9.17, 15) is 0 Å². The van der Waals surface area contributed by atoms with Gasteiger partial charge in [0.05, 0.1) is 12.2 Å². The van der Waals surface area contributed by atoms with E-state index in [4.69, 9.17) is 0 Å². The molecule has 1 fully saturated rings. The van der Waals surface area contributed by atoms with Crippen molar-refractivity contribution < 1.29 is 0 Å². The summed E-state index contributed by atoms with van der Waals surface area (Å²) < 4.78 is 0. The minimum Gasteiger partial charge on any atom is -0.338 e. The van der Waals surface area contributed by atoms with Crippen LogP contribution in [0.5, 0.6) is 0 Å². The molecule has 0 atom stereocenters. The number of aromatic nitrogens is 3. The van der Waals surface area contributed by atoms with Gasteiger partial charge < -0.3 is 10.2 Å². The maximum atomic E-state index is 4.42. The molecule has 1 saturated carbocycles. The number of anilines is 1. The van der Waals surface area contributed by atoms with E-state index in [-0.39, 0.29) is 0 Å². The van der Waals surface area contributed by atoms with Gasteiger partial charge in [-0.3, -0.25) is 4.98 Å². The lowest BCUT2D eigenvalue weighted by molar-refractivity contribution is 0.682. The van der Waals surface area contributed by atoms with E-state index in [2.05, 4.69) is 20.3 Å². The molecule has 0 amide bonds. The quantitative estimate of drug-likeness (QED) is 0.866. The van der Waals surface area contributed by atoms with Crippen LogP contribution in [0.15, 0.2) is 36.8 Å². The molecule has 0 bridgehead atoms. The van der Waals surface area contributed by atoms with Crippen molar-refractivity contribution >= 4 is 5.95 Å². The lowest BCUT2D eigenvalue weighted by Gasteiger charge is -2.16. The summed E-state index contributed by atoms with van der Waals surface area (Å²) in [4.78, 5) is 15.2. The monoisotopic (exact) mass is 269 g/mol. The first-order chi connectivity index (χ1) is 9.81. The minimum absolute atomic E-state index is 0.709. The number of nitrogens with zero attached hydrogens (tertiary/aromatic N) is 4. The molecule has 1 aliphatic rings. The Labute approximate surface area is 119 Å². The van der Waals surface area contributed by atoms with Gasteiger partial charge in [0, 0.05) is 43.8 Å². The van der Waals surface area contributed by atoms with Crippen molar-refractivity contribution in [3.05, 3.63) is 48.0 Å². The van der Waals surface area contributed by atoms with Crippen molar-refractivity contribution in [2.24, 2.45) is 0 Å². The molecule has 0 aliphatic heterocycles. The smallest absolute Gasteiger partial charge is 0.225 e. The third-order valence-corrected chi connectivity index (χ3v) is 3.33. The zero-order valence-corrected chi connectivity index (χ0v) is 11.7. The molecule has 0 saturated heterocycles. The van der Waals surface area contributed by atoms with E-state index >= 15 is 0 Å². The van der Waals surface area contributed by atoms with Gasteiger partial charge in [-0.1, -0.05) is 6.07 Å². The average Bonchev–Trinajstić information content (AvgIpc) is 3.31. The first kappa shape index (κ1) is 13.0. The zero-order chi connectivity index (χ0) is 13.8. The Kier molecular flexibility index (Phi) is 3.87. The number of hydrogen-bond donors (Lipinski definition) is 1. The van der Waals surface area contributed by atoms with Crippen molar-refractivity contribution in [2.75, 3.05) is 11.9 Å². The highest BCUT2D eigenvalue weighted by atomic mass is 15.2. The van der Waals surface area contributed by atoms with Gasteiger partial charge in [-0.2, -0.15) is 0 Å². The molecule has 5 heteroatoms. The zero-order valence-electron chi connectivity index (χ0n) is 11.7. The van der Waals surface area contributed by atoms with Gasteiger partial charge in [-0.25, -0.2) is 9.97 Å². The molecular weight excluding hydrogens is 250 g/mol. The number of nitrogens with one attached hydrogen (secondary N) is 1. The second-order valence-corrected chi connectivity index (χ2v) is 5.22. The van der Waals surface area contributed by atoms with Crippen LogP contribution < -0.4 is 10.2 Å². The fourth-order valence-electron chi connectivity index (χ4n) is 1.99. The molecule has 2 heterocycles. The Morgan fingerprint density at radius 2 is 2.00 bits per heavy atom. The summed E-state index contributed by atoms with van der Waals surface area (Å²) in [6.45, 7) is 1.56. The predicted octanol–water partition coefficient (Wildman–Crippen LogP) is 1.76. The number of hydrogen-bond acceptors (Lipinski definition) is 5. The van der Waals surface area contributed by atoms with Crippen molar-refractivity contribution in [3.8, 4) is 0 Å². The molecule has 0 unspecified atom stereocenters. The molecule has 0 radical (unpaired) electrons. The van der Waals surface area contributed by atoms with Crippen LogP contribution >= 0.6 is 0 Å². The van der Waals surface area contributed by atoms with Crippen LogP contribution in [0.2, 0.25) is 0 Å². The Morgan fingerprint density at radius 1 is 1.20 bits per heavy atom. The van der Waals surface area contributed by atoms with Crippen molar-refractivity contribution in [1.29, 1.82) is 0 Å². The summed E-state index contributed by atoms with van der Waals surface area (Å²) in [5.41, 5.74) is 2.14. The number of pyridine rings is 1. The van der Waals surface area contributed by atoms with Crippen molar-refractivity contribution in [1.82, 2.24) is 20.3 Å². The Morgan fingerprint density at radius 3 is 2.65 bits per heavy atom. The molecule has 3 rings (SSSR count). The van der Waals surface area contributed by atoms with Crippen molar-refractivity contribution in [3.63, 3.8) is 0 Å². The van der Waals surface area contributed by atoms with Crippen LogP contribution in [0.3, 0.4) is 0 Å². The van der Waals surface area contributed by atoms with Gasteiger partial charge in [0.25, 0.3) is 0 Å². The van der Waals surface area contributed by atoms with E-state index in [0.29, 0.717) is 12.6 Å². The lowest BCUT2D eigenvalue weighted by atomic mass is 10.3. The maximum absolute atomic E-state index is 4.42. The SMILES string of the molecule is CN(Cc1ccccn1)c1ncc(CNC2CC2)cn1. The summed E-state index contributed by atoms with van der Waals surface area (Å²) in [5.74, 6) is 0.728. The molecule has 0 spiro atoms. The maximum Gasteiger partial charge on any atom is 0.225 e.